The van der Waals surface area contributed by atoms with Gasteiger partial charge in [-0.05, 0) is 16.9 Å². The molecule has 1 aromatic rings. The number of hydrogen-bond donors (Lipinski definition) is 1. The van der Waals surface area contributed by atoms with Crippen LogP contribution in [0.3, 0.4) is 0 Å². The SMILES string of the molecule is CC(C)(C)C1C(=O)NCC(=O)N1Cc1cccs1. The molecule has 1 saturated heterocycles. The van der Waals surface area contributed by atoms with Gasteiger partial charge in [-0.15, -0.1) is 11.3 Å². The molecule has 1 fully saturated rings. The lowest BCUT2D eigenvalue weighted by Gasteiger charge is -2.41. The molecule has 1 aliphatic heterocycles. The number of carbonyl (C=O) groups excluding carboxylic acids is 2. The van der Waals surface area contributed by atoms with Crippen LogP contribution < -0.4 is 5.32 Å². The Morgan fingerprint density at radius 3 is 2.72 bits per heavy atom. The normalized spacial score (nSPS) is 21.1. The predicted octanol–water partition coefficient (Wildman–Crippen LogP) is 1.62. The summed E-state index contributed by atoms with van der Waals surface area (Å²) in [6.07, 6.45) is 0. The van der Waals surface area contributed by atoms with Gasteiger partial charge < -0.3 is 10.2 Å². The van der Waals surface area contributed by atoms with E-state index in [2.05, 4.69) is 5.32 Å². The fraction of sp³-hybridized carbons (Fsp3) is 0.538. The van der Waals surface area contributed by atoms with Crippen LogP contribution in [0.25, 0.3) is 0 Å². The monoisotopic (exact) mass is 266 g/mol. The van der Waals surface area contributed by atoms with Crippen LogP contribution in [0.4, 0.5) is 0 Å². The third-order valence-corrected chi connectivity index (χ3v) is 3.88. The minimum absolute atomic E-state index is 0.0112. The van der Waals surface area contributed by atoms with E-state index in [0.29, 0.717) is 6.54 Å². The molecule has 0 saturated carbocycles. The number of amides is 2. The summed E-state index contributed by atoms with van der Waals surface area (Å²) in [6.45, 7) is 6.58. The third-order valence-electron chi connectivity index (χ3n) is 3.02. The highest BCUT2D eigenvalue weighted by Gasteiger charge is 2.41. The van der Waals surface area contributed by atoms with E-state index < -0.39 is 6.04 Å². The van der Waals surface area contributed by atoms with Crippen molar-refractivity contribution in [2.24, 2.45) is 5.41 Å². The Morgan fingerprint density at radius 2 is 2.17 bits per heavy atom. The molecule has 2 amide bonds. The van der Waals surface area contributed by atoms with Gasteiger partial charge in [-0.25, -0.2) is 0 Å². The van der Waals surface area contributed by atoms with Gasteiger partial charge in [0.05, 0.1) is 13.1 Å². The van der Waals surface area contributed by atoms with Crippen molar-refractivity contribution in [3.63, 3.8) is 0 Å². The molecule has 0 radical (unpaired) electrons. The van der Waals surface area contributed by atoms with Gasteiger partial charge in [0.1, 0.15) is 6.04 Å². The molecule has 0 aromatic carbocycles. The largest absolute Gasteiger partial charge is 0.345 e. The summed E-state index contributed by atoms with van der Waals surface area (Å²) >= 11 is 1.61. The Hall–Kier alpha value is -1.36. The van der Waals surface area contributed by atoms with E-state index in [1.165, 1.54) is 0 Å². The number of nitrogens with one attached hydrogen (secondary N) is 1. The van der Waals surface area contributed by atoms with Gasteiger partial charge in [-0.3, -0.25) is 9.59 Å². The van der Waals surface area contributed by atoms with Gasteiger partial charge in [-0.2, -0.15) is 0 Å². The third kappa shape index (κ3) is 2.56. The van der Waals surface area contributed by atoms with Crippen molar-refractivity contribution in [1.82, 2.24) is 10.2 Å². The minimum Gasteiger partial charge on any atom is -0.345 e. The van der Waals surface area contributed by atoms with E-state index in [1.807, 2.05) is 38.3 Å². The molecule has 0 spiro atoms. The van der Waals surface area contributed by atoms with Gasteiger partial charge in [0.25, 0.3) is 0 Å². The number of hydrogen-bond acceptors (Lipinski definition) is 3. The zero-order valence-electron chi connectivity index (χ0n) is 10.9. The molecule has 5 heteroatoms. The van der Waals surface area contributed by atoms with Gasteiger partial charge in [0.2, 0.25) is 11.8 Å². The van der Waals surface area contributed by atoms with Gasteiger partial charge in [0, 0.05) is 4.88 Å². The first-order valence-electron chi connectivity index (χ1n) is 5.99. The van der Waals surface area contributed by atoms with E-state index in [1.54, 1.807) is 16.2 Å². The van der Waals surface area contributed by atoms with Crippen molar-refractivity contribution in [2.75, 3.05) is 6.54 Å². The first-order valence-corrected chi connectivity index (χ1v) is 6.87. The van der Waals surface area contributed by atoms with Gasteiger partial charge in [0.15, 0.2) is 0 Å². The van der Waals surface area contributed by atoms with E-state index >= 15 is 0 Å². The Morgan fingerprint density at radius 1 is 1.44 bits per heavy atom. The number of piperazine rings is 1. The fourth-order valence-electron chi connectivity index (χ4n) is 2.26. The molecule has 1 aromatic heterocycles. The summed E-state index contributed by atoms with van der Waals surface area (Å²) in [6, 6.07) is 3.55. The van der Waals surface area contributed by atoms with E-state index in [-0.39, 0.29) is 23.8 Å². The zero-order valence-corrected chi connectivity index (χ0v) is 11.7. The molecule has 2 rings (SSSR count). The van der Waals surface area contributed by atoms with Crippen molar-refractivity contribution in [1.29, 1.82) is 0 Å². The molecular weight excluding hydrogens is 248 g/mol. The molecule has 1 atom stereocenters. The summed E-state index contributed by atoms with van der Waals surface area (Å²) in [5.74, 6) is -0.0680. The van der Waals surface area contributed by atoms with Gasteiger partial charge >= 0.3 is 0 Å². The zero-order chi connectivity index (χ0) is 13.3. The van der Waals surface area contributed by atoms with Crippen LogP contribution in [0.2, 0.25) is 0 Å². The van der Waals surface area contributed by atoms with Crippen LogP contribution in [0.15, 0.2) is 17.5 Å². The van der Waals surface area contributed by atoms with Crippen molar-refractivity contribution in [3.8, 4) is 0 Å². The topological polar surface area (TPSA) is 49.4 Å². The summed E-state index contributed by atoms with van der Waals surface area (Å²) in [7, 11) is 0. The fourth-order valence-corrected chi connectivity index (χ4v) is 2.96. The average Bonchev–Trinajstić information content (AvgIpc) is 2.74. The van der Waals surface area contributed by atoms with Crippen molar-refractivity contribution in [2.45, 2.75) is 33.4 Å². The first-order chi connectivity index (χ1) is 8.39. The standard InChI is InChI=1S/C13H18N2O2S/c1-13(2,3)11-12(17)14-7-10(16)15(11)8-9-5-4-6-18-9/h4-6,11H,7-8H2,1-3H3,(H,14,17). The van der Waals surface area contributed by atoms with Crippen LogP contribution in [0.1, 0.15) is 25.6 Å². The first kappa shape index (κ1) is 13.1. The smallest absolute Gasteiger partial charge is 0.243 e. The van der Waals surface area contributed by atoms with Crippen molar-refractivity contribution < 1.29 is 9.59 Å². The highest BCUT2D eigenvalue weighted by atomic mass is 32.1. The lowest BCUT2D eigenvalue weighted by Crippen LogP contribution is -2.62. The Kier molecular flexibility index (Phi) is 3.43. The van der Waals surface area contributed by atoms with Crippen LogP contribution in [0, 0.1) is 5.41 Å². The van der Waals surface area contributed by atoms with E-state index in [9.17, 15) is 9.59 Å². The molecular formula is C13H18N2O2S. The Balaban J connectivity index is 2.26. The summed E-state index contributed by atoms with van der Waals surface area (Å²) in [4.78, 5) is 26.9. The maximum atomic E-state index is 12.0. The van der Waals surface area contributed by atoms with Crippen molar-refractivity contribution >= 4 is 23.2 Å². The average molecular weight is 266 g/mol. The maximum Gasteiger partial charge on any atom is 0.243 e. The molecule has 98 valence electrons. The molecule has 18 heavy (non-hydrogen) atoms. The Labute approximate surface area is 111 Å². The molecule has 1 unspecified atom stereocenters. The van der Waals surface area contributed by atoms with Crippen LogP contribution in [-0.4, -0.2) is 29.3 Å². The molecule has 0 aliphatic carbocycles. The second kappa shape index (κ2) is 4.72. The van der Waals surface area contributed by atoms with E-state index in [0.717, 1.165) is 4.88 Å². The lowest BCUT2D eigenvalue weighted by molar-refractivity contribution is -0.150. The number of nitrogens with zero attached hydrogens (tertiary/aromatic N) is 1. The summed E-state index contributed by atoms with van der Waals surface area (Å²) in [5.41, 5.74) is -0.266. The van der Waals surface area contributed by atoms with E-state index in [4.69, 9.17) is 0 Å². The predicted molar refractivity (Wildman–Crippen MR) is 71.1 cm³/mol. The molecule has 1 N–H and O–H groups in total. The Bertz CT molecular complexity index is 448. The van der Waals surface area contributed by atoms with Crippen LogP contribution in [0.5, 0.6) is 0 Å². The van der Waals surface area contributed by atoms with Crippen molar-refractivity contribution in [3.05, 3.63) is 22.4 Å². The molecule has 0 bridgehead atoms. The quantitative estimate of drug-likeness (QED) is 0.884. The summed E-state index contributed by atoms with van der Waals surface area (Å²) in [5, 5.41) is 4.65. The number of thiophene rings is 1. The molecule has 2 heterocycles. The molecule has 1 aliphatic rings. The van der Waals surface area contributed by atoms with Crippen LogP contribution >= 0.6 is 11.3 Å². The maximum absolute atomic E-state index is 12.0. The highest BCUT2D eigenvalue weighted by molar-refractivity contribution is 7.09. The molecule has 4 nitrogen and oxygen atoms in total. The summed E-state index contributed by atoms with van der Waals surface area (Å²) < 4.78 is 0. The number of carbonyl (C=O) groups is 2. The second-order valence-corrected chi connectivity index (χ2v) is 6.62. The highest BCUT2D eigenvalue weighted by Crippen LogP contribution is 2.28. The number of rotatable bonds is 2. The second-order valence-electron chi connectivity index (χ2n) is 5.59. The minimum atomic E-state index is -0.402. The van der Waals surface area contributed by atoms with Crippen LogP contribution in [-0.2, 0) is 16.1 Å². The lowest BCUT2D eigenvalue weighted by atomic mass is 9.84. The van der Waals surface area contributed by atoms with Gasteiger partial charge in [-0.1, -0.05) is 26.8 Å².